The molecular weight excluding hydrogens is 661 g/mol. The molecule has 0 bridgehead atoms. The number of aryl methyl sites for hydroxylation is 4. The number of rotatable bonds is 2. The van der Waals surface area contributed by atoms with Crippen LogP contribution >= 0.6 is 0 Å². The Labute approximate surface area is 312 Å². The normalized spacial score (nSPS) is 13.9. The molecule has 0 amide bonds. The second-order valence-electron chi connectivity index (χ2n) is 14.7. The molecule has 0 saturated heterocycles. The maximum Gasteiger partial charge on any atom is 0.179 e. The van der Waals surface area contributed by atoms with Crippen LogP contribution in [-0.4, -0.2) is 0 Å². The van der Waals surface area contributed by atoms with E-state index in [1.54, 1.807) is 0 Å². The van der Waals surface area contributed by atoms with Crippen molar-refractivity contribution in [3.05, 3.63) is 180 Å². The quantitative estimate of drug-likeness (QED) is 0.180. The summed E-state index contributed by atoms with van der Waals surface area (Å²) in [5.74, 6) is 0. The molecule has 0 spiro atoms. The van der Waals surface area contributed by atoms with E-state index >= 15 is 0 Å². The van der Waals surface area contributed by atoms with E-state index in [9.17, 15) is 0 Å². The predicted octanol–water partition coefficient (Wildman–Crippen LogP) is 13.8. The van der Waals surface area contributed by atoms with Gasteiger partial charge >= 0.3 is 0 Å². The summed E-state index contributed by atoms with van der Waals surface area (Å²) in [5, 5.41) is 6.68. The summed E-state index contributed by atoms with van der Waals surface area (Å²) in [6.07, 6.45) is 4.02. The summed E-state index contributed by atoms with van der Waals surface area (Å²) in [4.78, 5) is 4.81. The molecule has 12 rings (SSSR count). The molecule has 0 unspecified atom stereocenters. The van der Waals surface area contributed by atoms with E-state index in [0.29, 0.717) is 0 Å². The van der Waals surface area contributed by atoms with Crippen LogP contribution in [0.25, 0.3) is 54.6 Å². The minimum atomic E-state index is 0.788. The third-order valence-corrected chi connectivity index (χ3v) is 11.8. The molecule has 0 saturated carbocycles. The second-order valence-corrected chi connectivity index (χ2v) is 14.7. The highest BCUT2D eigenvalue weighted by atomic mass is 16.4. The molecule has 0 atom stereocenters. The number of hydrogen-bond donors (Lipinski definition) is 0. The largest absolute Gasteiger partial charge is 0.452 e. The van der Waals surface area contributed by atoms with Crippen molar-refractivity contribution in [3.63, 3.8) is 0 Å². The second kappa shape index (κ2) is 11.4. The van der Waals surface area contributed by atoms with E-state index in [0.717, 1.165) is 80.9 Å². The highest BCUT2D eigenvalue weighted by Crippen LogP contribution is 2.49. The van der Waals surface area contributed by atoms with Crippen LogP contribution in [0, 0.1) is 0 Å². The molecule has 256 valence electrons. The molecule has 2 aliphatic heterocycles. The average Bonchev–Trinajstić information content (AvgIpc) is 3.69. The van der Waals surface area contributed by atoms with Crippen molar-refractivity contribution in [1.82, 2.24) is 0 Å². The first-order valence-corrected chi connectivity index (χ1v) is 18.9. The van der Waals surface area contributed by atoms with Crippen LogP contribution in [0.5, 0.6) is 0 Å². The summed E-state index contributed by atoms with van der Waals surface area (Å²) in [7, 11) is 0. The molecule has 8 aromatic carbocycles. The van der Waals surface area contributed by atoms with Crippen LogP contribution in [0.15, 0.2) is 167 Å². The molecule has 2 aromatic heterocycles. The first kappa shape index (κ1) is 29.8. The maximum absolute atomic E-state index is 6.97. The molecule has 4 heteroatoms. The lowest BCUT2D eigenvalue weighted by molar-refractivity contribution is 0.633. The summed E-state index contributed by atoms with van der Waals surface area (Å²) < 4.78 is 13.9. The average molecular weight is 695 g/mol. The van der Waals surface area contributed by atoms with Gasteiger partial charge in [0.25, 0.3) is 0 Å². The van der Waals surface area contributed by atoms with Crippen LogP contribution in [-0.2, 0) is 25.7 Å². The first-order chi connectivity index (χ1) is 26.8. The van der Waals surface area contributed by atoms with Gasteiger partial charge in [-0.3, -0.25) is 0 Å². The molecule has 0 aliphatic carbocycles. The van der Waals surface area contributed by atoms with Gasteiger partial charge in [-0.15, -0.1) is 0 Å². The van der Waals surface area contributed by atoms with Crippen LogP contribution in [0.1, 0.15) is 22.3 Å². The van der Waals surface area contributed by atoms with E-state index in [-0.39, 0.29) is 0 Å². The highest BCUT2D eigenvalue weighted by molar-refractivity contribution is 6.33. The Bertz CT molecular complexity index is 2840. The van der Waals surface area contributed by atoms with Gasteiger partial charge in [-0.05, 0) is 107 Å². The van der Waals surface area contributed by atoms with E-state index in [1.807, 2.05) is 0 Å². The van der Waals surface area contributed by atoms with E-state index in [2.05, 4.69) is 168 Å². The Kier molecular flexibility index (Phi) is 6.26. The molecule has 0 N–H and O–H groups in total. The predicted molar refractivity (Wildman–Crippen MR) is 223 cm³/mol. The first-order valence-electron chi connectivity index (χ1n) is 18.9. The number of anilines is 6. The van der Waals surface area contributed by atoms with E-state index in [1.165, 1.54) is 55.8 Å². The van der Waals surface area contributed by atoms with Gasteiger partial charge in [-0.1, -0.05) is 97.1 Å². The lowest BCUT2D eigenvalue weighted by Gasteiger charge is -2.27. The zero-order valence-electron chi connectivity index (χ0n) is 29.6. The lowest BCUT2D eigenvalue weighted by atomic mass is 9.98. The van der Waals surface area contributed by atoms with Gasteiger partial charge in [0.05, 0.1) is 0 Å². The number of nitrogens with zero attached hydrogens (tertiary/aromatic N) is 2. The molecule has 4 nitrogen and oxygen atoms in total. The molecule has 2 aliphatic rings. The Morgan fingerprint density at radius 2 is 0.667 bits per heavy atom. The Morgan fingerprint density at radius 3 is 1.04 bits per heavy atom. The van der Waals surface area contributed by atoms with Gasteiger partial charge in [-0.25, -0.2) is 0 Å². The fraction of sp³-hybridized carbons (Fsp3) is 0.0800. The van der Waals surface area contributed by atoms with Crippen molar-refractivity contribution in [3.8, 4) is 0 Å². The fourth-order valence-electron chi connectivity index (χ4n) is 9.34. The SMILES string of the molecule is c1ccc2c(c1)CCc1ccccc1N2c1ccc2c(c1)oc1c3oc4cc(N5c6ccccc6CCc6ccccc65)ccc4c3c3ccccc3c21. The standard InChI is InChI=1S/C50H34N2O2/c1-7-17-41-31(11-1)21-22-32-12-2-8-18-42(32)51(41)35-25-27-39-45(29-35)53-49-47(39)37-15-5-6-16-38(37)48-40-28-26-36(30-46(40)54-50(48)49)52-43-19-9-3-13-33(43)23-24-34-14-4-10-20-44(34)52/h1-20,25-30H,21-24H2. The van der Waals surface area contributed by atoms with Gasteiger partial charge in [0.2, 0.25) is 0 Å². The van der Waals surface area contributed by atoms with Gasteiger partial charge < -0.3 is 18.6 Å². The van der Waals surface area contributed by atoms with Crippen LogP contribution in [0.4, 0.5) is 34.1 Å². The smallest absolute Gasteiger partial charge is 0.179 e. The van der Waals surface area contributed by atoms with E-state index < -0.39 is 0 Å². The van der Waals surface area contributed by atoms with Gasteiger partial charge in [-0.2, -0.15) is 0 Å². The Morgan fingerprint density at radius 1 is 0.333 bits per heavy atom. The van der Waals surface area contributed by atoms with Crippen molar-refractivity contribution in [2.75, 3.05) is 9.80 Å². The molecule has 10 aromatic rings. The van der Waals surface area contributed by atoms with Crippen molar-refractivity contribution < 1.29 is 8.83 Å². The van der Waals surface area contributed by atoms with Gasteiger partial charge in [0.1, 0.15) is 11.2 Å². The molecule has 0 radical (unpaired) electrons. The fourth-order valence-corrected chi connectivity index (χ4v) is 9.34. The summed E-state index contributed by atoms with van der Waals surface area (Å²) >= 11 is 0. The molecular formula is C50H34N2O2. The molecule has 54 heavy (non-hydrogen) atoms. The number of benzene rings is 8. The lowest BCUT2D eigenvalue weighted by Crippen LogP contribution is -2.11. The number of para-hydroxylation sites is 4. The third-order valence-electron chi connectivity index (χ3n) is 11.8. The van der Waals surface area contributed by atoms with Gasteiger partial charge in [0.15, 0.2) is 11.2 Å². The summed E-state index contributed by atoms with van der Waals surface area (Å²) in [6.45, 7) is 0. The number of fused-ring (bicyclic) bond motifs is 14. The van der Waals surface area contributed by atoms with Gasteiger partial charge in [0, 0.05) is 67.8 Å². The summed E-state index contributed by atoms with van der Waals surface area (Å²) in [6, 6.07) is 57.2. The van der Waals surface area contributed by atoms with Crippen LogP contribution in [0.3, 0.4) is 0 Å². The zero-order valence-corrected chi connectivity index (χ0v) is 29.6. The highest BCUT2D eigenvalue weighted by Gasteiger charge is 2.27. The van der Waals surface area contributed by atoms with E-state index in [4.69, 9.17) is 8.83 Å². The summed E-state index contributed by atoms with van der Waals surface area (Å²) in [5.41, 5.74) is 15.7. The van der Waals surface area contributed by atoms with Crippen LogP contribution in [0.2, 0.25) is 0 Å². The van der Waals surface area contributed by atoms with Crippen molar-refractivity contribution in [2.24, 2.45) is 0 Å². The topological polar surface area (TPSA) is 32.8 Å². The number of furan rings is 2. The van der Waals surface area contributed by atoms with Crippen molar-refractivity contribution in [2.45, 2.75) is 25.7 Å². The Hall–Kier alpha value is -6.78. The molecule has 4 heterocycles. The third kappa shape index (κ3) is 4.25. The Balaban J connectivity index is 1.09. The number of hydrogen-bond acceptors (Lipinski definition) is 4. The zero-order chi connectivity index (χ0) is 35.3. The van der Waals surface area contributed by atoms with Crippen molar-refractivity contribution >= 4 is 88.8 Å². The van der Waals surface area contributed by atoms with Crippen LogP contribution < -0.4 is 9.80 Å². The monoisotopic (exact) mass is 694 g/mol. The maximum atomic E-state index is 6.97. The minimum Gasteiger partial charge on any atom is -0.452 e. The van der Waals surface area contributed by atoms with Crippen molar-refractivity contribution in [1.29, 1.82) is 0 Å². The minimum absolute atomic E-state index is 0.788. The molecule has 0 fully saturated rings.